The predicted octanol–water partition coefficient (Wildman–Crippen LogP) is 4.67. The molecule has 208 valence electrons. The molecule has 0 radical (unpaired) electrons. The molecule has 0 saturated carbocycles. The molecule has 1 aliphatic rings. The van der Waals surface area contributed by atoms with Crippen molar-refractivity contribution >= 4 is 23.4 Å². The smallest absolute Gasteiger partial charge is 0.411 e. The number of hydrogen-bond donors (Lipinski definition) is 2. The van der Waals surface area contributed by atoms with Crippen molar-refractivity contribution in [2.24, 2.45) is 5.92 Å². The van der Waals surface area contributed by atoms with Gasteiger partial charge in [-0.3, -0.25) is 15.1 Å². The Kier molecular flexibility index (Phi) is 7.06. The molecule has 0 bridgehead atoms. The zero-order valence-corrected chi connectivity index (χ0v) is 23.0. The van der Waals surface area contributed by atoms with Gasteiger partial charge in [0, 0.05) is 22.3 Å². The van der Waals surface area contributed by atoms with Gasteiger partial charge < -0.3 is 14.3 Å². The third kappa shape index (κ3) is 5.46. The summed E-state index contributed by atoms with van der Waals surface area (Å²) in [6, 6.07) is 12.3. The van der Waals surface area contributed by atoms with Gasteiger partial charge in [-0.2, -0.15) is 4.68 Å². The van der Waals surface area contributed by atoms with Crippen LogP contribution in [0, 0.1) is 5.92 Å². The summed E-state index contributed by atoms with van der Waals surface area (Å²) >= 11 is 6.31. The van der Waals surface area contributed by atoms with Crippen molar-refractivity contribution < 1.29 is 9.53 Å². The molecule has 6 rings (SSSR count). The normalized spacial score (nSPS) is 14.3. The van der Waals surface area contributed by atoms with E-state index in [0.717, 1.165) is 28.9 Å². The van der Waals surface area contributed by atoms with E-state index in [1.54, 1.807) is 52.0 Å². The molecule has 4 aromatic heterocycles. The molecule has 13 heteroatoms. The summed E-state index contributed by atoms with van der Waals surface area (Å²) in [4.78, 5) is 37.7. The molecule has 1 aromatic carbocycles. The molecule has 1 amide bonds. The molecule has 5 heterocycles. The first kappa shape index (κ1) is 26.4. The van der Waals surface area contributed by atoms with Crippen LogP contribution in [0.5, 0.6) is 0 Å². The molecule has 0 saturated heterocycles. The molecule has 0 unspecified atom stereocenters. The molecule has 12 nitrogen and oxygen atoms in total. The first-order valence-electron chi connectivity index (χ1n) is 13.1. The largest absolute Gasteiger partial charge is 0.449 e. The standard InChI is InChI=1S/C28H26ClN9O3/c1-16(2)14-41-28(40)33-19-4-6-22(30-12-19)23-13-31-27(34-23)25-8-5-20-9-17(10-26(39)38(20)25)21-11-18(29)3-7-24(21)37-15-32-35-36-37/h3-4,6-7,9-13,15-16,25H,5,8,14H2,1-2H3,(H,31,34)(H,33,40)/t25-/m0/s1. The first-order chi connectivity index (χ1) is 19.9. The minimum absolute atomic E-state index is 0.140. The number of hydrogen-bond acceptors (Lipinski definition) is 8. The summed E-state index contributed by atoms with van der Waals surface area (Å²) in [6.07, 6.45) is 5.66. The molecular weight excluding hydrogens is 546 g/mol. The number of imidazole rings is 1. The van der Waals surface area contributed by atoms with E-state index in [4.69, 9.17) is 16.3 Å². The van der Waals surface area contributed by atoms with Gasteiger partial charge in [-0.1, -0.05) is 25.4 Å². The van der Waals surface area contributed by atoms with Gasteiger partial charge in [0.15, 0.2) is 0 Å². The fourth-order valence-corrected chi connectivity index (χ4v) is 5.05. The molecule has 2 N–H and O–H groups in total. The van der Waals surface area contributed by atoms with Crippen LogP contribution < -0.4 is 10.9 Å². The number of nitrogens with zero attached hydrogens (tertiary/aromatic N) is 7. The highest BCUT2D eigenvalue weighted by Gasteiger charge is 2.28. The van der Waals surface area contributed by atoms with Crippen molar-refractivity contribution in [1.82, 2.24) is 39.7 Å². The van der Waals surface area contributed by atoms with Crippen molar-refractivity contribution in [3.63, 3.8) is 0 Å². The number of anilines is 1. The maximum Gasteiger partial charge on any atom is 0.411 e. The highest BCUT2D eigenvalue weighted by atomic mass is 35.5. The van der Waals surface area contributed by atoms with Crippen LogP contribution in [0.15, 0.2) is 66.0 Å². The summed E-state index contributed by atoms with van der Waals surface area (Å²) in [5, 5.41) is 14.7. The van der Waals surface area contributed by atoms with Crippen LogP contribution in [0.4, 0.5) is 10.5 Å². The van der Waals surface area contributed by atoms with E-state index in [1.165, 1.54) is 6.33 Å². The van der Waals surface area contributed by atoms with Gasteiger partial charge in [0.05, 0.1) is 47.8 Å². The van der Waals surface area contributed by atoms with Crippen LogP contribution in [0.1, 0.15) is 37.8 Å². The number of ether oxygens (including phenoxy) is 1. The van der Waals surface area contributed by atoms with Crippen molar-refractivity contribution in [3.8, 4) is 28.2 Å². The second-order valence-electron chi connectivity index (χ2n) is 10.1. The van der Waals surface area contributed by atoms with E-state index in [1.807, 2.05) is 26.0 Å². The van der Waals surface area contributed by atoms with Gasteiger partial charge in [-0.25, -0.2) is 9.78 Å². The third-order valence-electron chi connectivity index (χ3n) is 6.74. The van der Waals surface area contributed by atoms with Crippen LogP contribution in [-0.2, 0) is 11.2 Å². The summed E-state index contributed by atoms with van der Waals surface area (Å²) < 4.78 is 8.46. The van der Waals surface area contributed by atoms with Crippen LogP contribution in [0.25, 0.3) is 28.2 Å². The lowest BCUT2D eigenvalue weighted by molar-refractivity contribution is 0.147. The van der Waals surface area contributed by atoms with Gasteiger partial charge in [-0.15, -0.1) is 5.10 Å². The van der Waals surface area contributed by atoms with Gasteiger partial charge in [-0.05, 0) is 71.1 Å². The zero-order valence-electron chi connectivity index (χ0n) is 22.3. The SMILES string of the molecule is CC(C)COC(=O)Nc1ccc(-c2cnc([C@@H]3CCc4cc(-c5cc(Cl)ccc5-n5cnnn5)cc(=O)n43)[nH]2)nc1. The molecule has 41 heavy (non-hydrogen) atoms. The first-order valence-corrected chi connectivity index (χ1v) is 13.5. The molecule has 1 atom stereocenters. The number of pyridine rings is 2. The Labute approximate surface area is 239 Å². The fourth-order valence-electron chi connectivity index (χ4n) is 4.88. The third-order valence-corrected chi connectivity index (χ3v) is 6.98. The highest BCUT2D eigenvalue weighted by molar-refractivity contribution is 6.31. The van der Waals surface area contributed by atoms with E-state index in [0.29, 0.717) is 40.9 Å². The Balaban J connectivity index is 1.23. The number of carbonyl (C=O) groups is 1. The second kappa shape index (κ2) is 11.0. The number of nitrogens with one attached hydrogen (secondary N) is 2. The maximum atomic E-state index is 13.4. The van der Waals surface area contributed by atoms with E-state index in [-0.39, 0.29) is 17.5 Å². The van der Waals surface area contributed by atoms with E-state index in [2.05, 4.69) is 35.8 Å². The van der Waals surface area contributed by atoms with Crippen LogP contribution in [0.3, 0.4) is 0 Å². The summed E-state index contributed by atoms with van der Waals surface area (Å²) in [6.45, 7) is 4.28. The monoisotopic (exact) mass is 571 g/mol. The lowest BCUT2D eigenvalue weighted by Gasteiger charge is -2.15. The van der Waals surface area contributed by atoms with Crippen LogP contribution in [-0.4, -0.2) is 52.4 Å². The number of H-pyrrole nitrogens is 1. The Hall–Kier alpha value is -4.84. The molecule has 0 fully saturated rings. The number of fused-ring (bicyclic) bond motifs is 1. The number of tetrazole rings is 1. The number of halogens is 1. The number of amides is 1. The number of aromatic nitrogens is 8. The quantitative estimate of drug-likeness (QED) is 0.286. The average molecular weight is 572 g/mol. The van der Waals surface area contributed by atoms with Crippen molar-refractivity contribution in [1.29, 1.82) is 0 Å². The fraction of sp³-hybridized carbons (Fsp3) is 0.250. The second-order valence-corrected chi connectivity index (χ2v) is 10.6. The molecule has 1 aliphatic heterocycles. The lowest BCUT2D eigenvalue weighted by atomic mass is 10.0. The molecular formula is C28H26ClN9O3. The number of aryl methyl sites for hydroxylation is 1. The van der Waals surface area contributed by atoms with Crippen molar-refractivity contribution in [2.75, 3.05) is 11.9 Å². The van der Waals surface area contributed by atoms with E-state index in [9.17, 15) is 9.59 Å². The topological polar surface area (TPSA) is 146 Å². The van der Waals surface area contributed by atoms with Crippen LogP contribution >= 0.6 is 11.6 Å². The van der Waals surface area contributed by atoms with Crippen molar-refractivity contribution in [2.45, 2.75) is 32.7 Å². The van der Waals surface area contributed by atoms with E-state index >= 15 is 0 Å². The number of benzene rings is 1. The minimum atomic E-state index is -0.521. The van der Waals surface area contributed by atoms with Gasteiger partial charge in [0.1, 0.15) is 12.2 Å². The number of aromatic amines is 1. The van der Waals surface area contributed by atoms with Gasteiger partial charge in [0.2, 0.25) is 0 Å². The Morgan fingerprint density at radius 2 is 2.05 bits per heavy atom. The molecule has 0 spiro atoms. The molecule has 5 aromatic rings. The minimum Gasteiger partial charge on any atom is -0.449 e. The zero-order chi connectivity index (χ0) is 28.5. The van der Waals surface area contributed by atoms with Gasteiger partial charge >= 0.3 is 6.09 Å². The maximum absolute atomic E-state index is 13.4. The lowest BCUT2D eigenvalue weighted by Crippen LogP contribution is -2.23. The highest BCUT2D eigenvalue weighted by Crippen LogP contribution is 2.34. The van der Waals surface area contributed by atoms with Crippen molar-refractivity contribution in [3.05, 3.63) is 88.1 Å². The Morgan fingerprint density at radius 1 is 1.17 bits per heavy atom. The number of carbonyl (C=O) groups excluding carboxylic acids is 1. The average Bonchev–Trinajstić information content (AvgIpc) is 3.73. The number of rotatable bonds is 7. The summed E-state index contributed by atoms with van der Waals surface area (Å²) in [7, 11) is 0. The van der Waals surface area contributed by atoms with Crippen LogP contribution in [0.2, 0.25) is 5.02 Å². The summed E-state index contributed by atoms with van der Waals surface area (Å²) in [5.41, 5.74) is 4.85. The van der Waals surface area contributed by atoms with E-state index < -0.39 is 6.09 Å². The Morgan fingerprint density at radius 3 is 2.80 bits per heavy atom. The van der Waals surface area contributed by atoms with Gasteiger partial charge in [0.25, 0.3) is 5.56 Å². The molecule has 0 aliphatic carbocycles. The Bertz CT molecular complexity index is 1760. The predicted molar refractivity (Wildman–Crippen MR) is 152 cm³/mol. The summed E-state index contributed by atoms with van der Waals surface area (Å²) in [5.74, 6) is 0.923.